The van der Waals surface area contributed by atoms with Crippen molar-refractivity contribution in [2.45, 2.75) is 32.4 Å². The van der Waals surface area contributed by atoms with Gasteiger partial charge in [0, 0.05) is 0 Å². The summed E-state index contributed by atoms with van der Waals surface area (Å²) in [6.45, 7) is 6.93. The smallest absolute Gasteiger partial charge is 0.243 e. The van der Waals surface area contributed by atoms with Crippen molar-refractivity contribution >= 4 is 5.91 Å². The second-order valence-electron chi connectivity index (χ2n) is 2.48. The van der Waals surface area contributed by atoms with Crippen LogP contribution in [-0.4, -0.2) is 23.2 Å². The van der Waals surface area contributed by atoms with Gasteiger partial charge in [-0.05, 0) is 19.4 Å². The fourth-order valence-corrected chi connectivity index (χ4v) is 0.733. The predicted octanol–water partition coefficient (Wildman–Crippen LogP) is 0.448. The van der Waals surface area contributed by atoms with Gasteiger partial charge in [-0.2, -0.15) is 0 Å². The van der Waals surface area contributed by atoms with Gasteiger partial charge in [-0.3, -0.25) is 4.79 Å². The van der Waals surface area contributed by atoms with Crippen LogP contribution in [0.2, 0.25) is 0 Å². The summed E-state index contributed by atoms with van der Waals surface area (Å²) in [5.41, 5.74) is 0. The highest BCUT2D eigenvalue weighted by atomic mass is 16.3. The van der Waals surface area contributed by atoms with Crippen molar-refractivity contribution in [3.63, 3.8) is 0 Å². The quantitative estimate of drug-likeness (QED) is 0.582. The lowest BCUT2D eigenvalue weighted by molar-refractivity contribution is -0.117. The first kappa shape index (κ1) is 10.2. The van der Waals surface area contributed by atoms with Crippen molar-refractivity contribution in [3.05, 3.63) is 12.7 Å². The molecule has 0 aromatic heterocycles. The average Bonchev–Trinajstić information content (AvgIpc) is 2.02. The van der Waals surface area contributed by atoms with E-state index < -0.39 is 6.10 Å². The number of aliphatic hydroxyl groups excluding tert-OH is 1. The molecule has 3 heteroatoms. The first-order valence-electron chi connectivity index (χ1n) is 3.72. The van der Waals surface area contributed by atoms with Crippen LogP contribution in [0.15, 0.2) is 12.7 Å². The number of aliphatic hydroxyl groups is 1. The molecule has 0 aromatic rings. The van der Waals surface area contributed by atoms with E-state index in [4.69, 9.17) is 0 Å². The third-order valence-electron chi connectivity index (χ3n) is 1.55. The number of amides is 1. The van der Waals surface area contributed by atoms with Crippen molar-refractivity contribution in [2.24, 2.45) is 0 Å². The fraction of sp³-hybridized carbons (Fsp3) is 0.625. The summed E-state index contributed by atoms with van der Waals surface area (Å²) in [4.78, 5) is 10.7. The summed E-state index contributed by atoms with van der Waals surface area (Å²) in [5, 5.41) is 11.8. The van der Waals surface area contributed by atoms with E-state index in [0.29, 0.717) is 6.42 Å². The zero-order valence-electron chi connectivity index (χ0n) is 7.00. The summed E-state index contributed by atoms with van der Waals surface area (Å²) in [5.74, 6) is -0.245. The number of rotatable bonds is 4. The summed E-state index contributed by atoms with van der Waals surface area (Å²) in [7, 11) is 0. The molecule has 0 rings (SSSR count). The zero-order valence-corrected chi connectivity index (χ0v) is 7.00. The van der Waals surface area contributed by atoms with Gasteiger partial charge >= 0.3 is 0 Å². The minimum atomic E-state index is -0.473. The molecule has 0 aliphatic carbocycles. The molecule has 0 spiro atoms. The highest BCUT2D eigenvalue weighted by molar-refractivity contribution is 5.87. The van der Waals surface area contributed by atoms with Gasteiger partial charge in [0.2, 0.25) is 5.91 Å². The number of hydrogen-bond donors (Lipinski definition) is 2. The molecule has 0 aromatic carbocycles. The van der Waals surface area contributed by atoms with Gasteiger partial charge in [-0.25, -0.2) is 0 Å². The molecule has 0 heterocycles. The summed E-state index contributed by atoms with van der Waals surface area (Å²) < 4.78 is 0. The first-order chi connectivity index (χ1) is 5.11. The summed E-state index contributed by atoms with van der Waals surface area (Å²) >= 11 is 0. The molecule has 11 heavy (non-hydrogen) atoms. The molecule has 0 aliphatic heterocycles. The molecule has 0 fully saturated rings. The van der Waals surface area contributed by atoms with Crippen LogP contribution in [0.3, 0.4) is 0 Å². The Morgan fingerprint density at radius 1 is 1.82 bits per heavy atom. The number of nitrogens with one attached hydrogen (secondary N) is 1. The topological polar surface area (TPSA) is 49.3 Å². The second-order valence-corrected chi connectivity index (χ2v) is 2.48. The standard InChI is InChI=1S/C8H15NO2/c1-4-7(10)6(3)9-8(11)5-2/h5-7,10H,2,4H2,1,3H3,(H,9,11). The Hall–Kier alpha value is -0.830. The number of carbonyl (C=O) groups excluding carboxylic acids is 1. The molecule has 0 radical (unpaired) electrons. The largest absolute Gasteiger partial charge is 0.391 e. The van der Waals surface area contributed by atoms with Gasteiger partial charge in [-0.1, -0.05) is 13.5 Å². The normalized spacial score (nSPS) is 15.2. The first-order valence-corrected chi connectivity index (χ1v) is 3.72. The van der Waals surface area contributed by atoms with Crippen molar-refractivity contribution < 1.29 is 9.90 Å². The molecule has 3 nitrogen and oxygen atoms in total. The average molecular weight is 157 g/mol. The van der Waals surface area contributed by atoms with Crippen molar-refractivity contribution in [2.75, 3.05) is 0 Å². The maximum absolute atomic E-state index is 10.7. The van der Waals surface area contributed by atoms with Gasteiger partial charge in [0.1, 0.15) is 0 Å². The van der Waals surface area contributed by atoms with Crippen LogP contribution in [0, 0.1) is 0 Å². The highest BCUT2D eigenvalue weighted by Crippen LogP contribution is 1.96. The fourth-order valence-electron chi connectivity index (χ4n) is 0.733. The molecular weight excluding hydrogens is 142 g/mol. The van der Waals surface area contributed by atoms with E-state index in [1.54, 1.807) is 6.92 Å². The monoisotopic (exact) mass is 157 g/mol. The molecule has 64 valence electrons. The number of carbonyl (C=O) groups is 1. The van der Waals surface area contributed by atoms with Crippen LogP contribution >= 0.6 is 0 Å². The predicted molar refractivity (Wildman–Crippen MR) is 44.1 cm³/mol. The Balaban J connectivity index is 3.76. The Morgan fingerprint density at radius 2 is 2.36 bits per heavy atom. The Morgan fingerprint density at radius 3 is 2.73 bits per heavy atom. The van der Waals surface area contributed by atoms with Crippen molar-refractivity contribution in [1.82, 2.24) is 5.32 Å². The van der Waals surface area contributed by atoms with Gasteiger partial charge in [0.05, 0.1) is 12.1 Å². The zero-order chi connectivity index (χ0) is 8.85. The minimum absolute atomic E-state index is 0.203. The third-order valence-corrected chi connectivity index (χ3v) is 1.55. The lowest BCUT2D eigenvalue weighted by atomic mass is 10.1. The van der Waals surface area contributed by atoms with E-state index in [-0.39, 0.29) is 11.9 Å². The molecule has 1 amide bonds. The van der Waals surface area contributed by atoms with Crippen molar-refractivity contribution in [3.8, 4) is 0 Å². The SMILES string of the molecule is C=CC(=O)NC(C)C(O)CC. The molecule has 0 saturated heterocycles. The van der Waals surface area contributed by atoms with Crippen molar-refractivity contribution in [1.29, 1.82) is 0 Å². The van der Waals surface area contributed by atoms with Crippen LogP contribution in [0.4, 0.5) is 0 Å². The lowest BCUT2D eigenvalue weighted by Crippen LogP contribution is -2.39. The van der Waals surface area contributed by atoms with E-state index in [1.807, 2.05) is 6.92 Å². The Bertz CT molecular complexity index is 145. The summed E-state index contributed by atoms with van der Waals surface area (Å²) in [6.07, 6.45) is 1.36. The Kier molecular flexibility index (Phi) is 4.54. The van der Waals surface area contributed by atoms with E-state index in [1.165, 1.54) is 6.08 Å². The van der Waals surface area contributed by atoms with Crippen LogP contribution in [-0.2, 0) is 4.79 Å². The van der Waals surface area contributed by atoms with E-state index in [0.717, 1.165) is 0 Å². The molecular formula is C8H15NO2. The van der Waals surface area contributed by atoms with Gasteiger partial charge in [0.25, 0.3) is 0 Å². The number of hydrogen-bond acceptors (Lipinski definition) is 2. The molecule has 2 atom stereocenters. The molecule has 2 unspecified atom stereocenters. The van der Waals surface area contributed by atoms with Gasteiger partial charge in [0.15, 0.2) is 0 Å². The van der Waals surface area contributed by atoms with E-state index in [9.17, 15) is 9.90 Å². The van der Waals surface area contributed by atoms with Crippen LogP contribution < -0.4 is 5.32 Å². The van der Waals surface area contributed by atoms with Crippen LogP contribution in [0.5, 0.6) is 0 Å². The van der Waals surface area contributed by atoms with Gasteiger partial charge in [-0.15, -0.1) is 0 Å². The van der Waals surface area contributed by atoms with Gasteiger partial charge < -0.3 is 10.4 Å². The molecule has 0 saturated carbocycles. The molecule has 2 N–H and O–H groups in total. The molecule has 0 bridgehead atoms. The second kappa shape index (κ2) is 4.91. The highest BCUT2D eigenvalue weighted by Gasteiger charge is 2.12. The van der Waals surface area contributed by atoms with E-state index >= 15 is 0 Å². The van der Waals surface area contributed by atoms with E-state index in [2.05, 4.69) is 11.9 Å². The van der Waals surface area contributed by atoms with Crippen LogP contribution in [0.25, 0.3) is 0 Å². The Labute approximate surface area is 67.1 Å². The van der Waals surface area contributed by atoms with Crippen LogP contribution in [0.1, 0.15) is 20.3 Å². The maximum Gasteiger partial charge on any atom is 0.243 e. The molecule has 0 aliphatic rings. The minimum Gasteiger partial charge on any atom is -0.391 e. The summed E-state index contributed by atoms with van der Waals surface area (Å²) in [6, 6.07) is -0.203. The third kappa shape index (κ3) is 3.78. The maximum atomic E-state index is 10.7. The lowest BCUT2D eigenvalue weighted by Gasteiger charge is -2.17.